The van der Waals surface area contributed by atoms with E-state index < -0.39 is 5.41 Å². The Hall–Kier alpha value is -1.43. The molecule has 1 heterocycles. The highest BCUT2D eigenvalue weighted by Gasteiger charge is 2.35. The highest BCUT2D eigenvalue weighted by Crippen LogP contribution is 2.22. The highest BCUT2D eigenvalue weighted by atomic mass is 16.5. The lowest BCUT2D eigenvalue weighted by atomic mass is 9.86. The fourth-order valence-corrected chi connectivity index (χ4v) is 1.71. The molecule has 0 aliphatic rings. The van der Waals surface area contributed by atoms with Crippen LogP contribution in [0.2, 0.25) is 0 Å². The predicted octanol–water partition coefficient (Wildman–Crippen LogP) is 0.759. The second-order valence-electron chi connectivity index (χ2n) is 4.56. The van der Waals surface area contributed by atoms with Gasteiger partial charge in [0.2, 0.25) is 0 Å². The SMILES string of the molecule is CCCn1ncnc1CC(C)(CN)C(=O)OCC. The fourth-order valence-electron chi connectivity index (χ4n) is 1.71. The summed E-state index contributed by atoms with van der Waals surface area (Å²) in [5.41, 5.74) is 4.98. The first-order chi connectivity index (χ1) is 8.57. The normalized spacial score (nSPS) is 14.2. The number of nitrogens with two attached hydrogens (primary N) is 1. The fraction of sp³-hybridized carbons (Fsp3) is 0.750. The van der Waals surface area contributed by atoms with Gasteiger partial charge < -0.3 is 10.5 Å². The van der Waals surface area contributed by atoms with Crippen LogP contribution in [0.25, 0.3) is 0 Å². The van der Waals surface area contributed by atoms with Crippen LogP contribution in [0.3, 0.4) is 0 Å². The lowest BCUT2D eigenvalue weighted by molar-refractivity contribution is -0.153. The molecule has 1 aromatic rings. The number of hydrogen-bond donors (Lipinski definition) is 1. The van der Waals surface area contributed by atoms with Gasteiger partial charge in [-0.3, -0.25) is 9.48 Å². The number of aryl methyl sites for hydroxylation is 1. The molecule has 1 aromatic heterocycles. The Bertz CT molecular complexity index is 391. The van der Waals surface area contributed by atoms with Gasteiger partial charge in [-0.05, 0) is 20.3 Å². The average molecular weight is 254 g/mol. The molecule has 0 saturated heterocycles. The van der Waals surface area contributed by atoms with Gasteiger partial charge in [-0.1, -0.05) is 6.92 Å². The Balaban J connectivity index is 2.84. The van der Waals surface area contributed by atoms with Gasteiger partial charge >= 0.3 is 5.97 Å². The molecule has 1 atom stereocenters. The van der Waals surface area contributed by atoms with E-state index in [4.69, 9.17) is 10.5 Å². The minimum absolute atomic E-state index is 0.227. The third-order valence-corrected chi connectivity index (χ3v) is 2.90. The summed E-state index contributed by atoms with van der Waals surface area (Å²) in [4.78, 5) is 16.1. The Kier molecular flexibility index (Phi) is 5.27. The van der Waals surface area contributed by atoms with Gasteiger partial charge in [0.15, 0.2) is 0 Å². The zero-order valence-electron chi connectivity index (χ0n) is 11.3. The van der Waals surface area contributed by atoms with Crippen LogP contribution in [0.1, 0.15) is 33.0 Å². The Labute approximate surface area is 108 Å². The van der Waals surface area contributed by atoms with Crippen LogP contribution in [0, 0.1) is 5.41 Å². The number of rotatable bonds is 7. The van der Waals surface area contributed by atoms with Crippen molar-refractivity contribution in [1.29, 1.82) is 0 Å². The van der Waals surface area contributed by atoms with Crippen molar-refractivity contribution in [1.82, 2.24) is 14.8 Å². The van der Waals surface area contributed by atoms with E-state index in [-0.39, 0.29) is 12.5 Å². The lowest BCUT2D eigenvalue weighted by Crippen LogP contribution is -2.40. The van der Waals surface area contributed by atoms with Crippen LogP contribution in [0.5, 0.6) is 0 Å². The molecule has 6 nitrogen and oxygen atoms in total. The summed E-state index contributed by atoms with van der Waals surface area (Å²) in [6.07, 6.45) is 2.92. The first-order valence-corrected chi connectivity index (χ1v) is 6.31. The van der Waals surface area contributed by atoms with E-state index in [2.05, 4.69) is 17.0 Å². The van der Waals surface area contributed by atoms with Crippen LogP contribution in [0.4, 0.5) is 0 Å². The largest absolute Gasteiger partial charge is 0.466 e. The van der Waals surface area contributed by atoms with E-state index in [1.54, 1.807) is 13.8 Å². The van der Waals surface area contributed by atoms with Gasteiger partial charge in [-0.15, -0.1) is 0 Å². The van der Waals surface area contributed by atoms with Crippen LogP contribution in [-0.4, -0.2) is 33.9 Å². The Morgan fingerprint density at radius 2 is 2.28 bits per heavy atom. The number of ether oxygens (including phenoxy) is 1. The summed E-state index contributed by atoms with van der Waals surface area (Å²) < 4.78 is 6.88. The molecule has 6 heteroatoms. The smallest absolute Gasteiger partial charge is 0.313 e. The monoisotopic (exact) mass is 254 g/mol. The van der Waals surface area contributed by atoms with Crippen molar-refractivity contribution in [2.45, 2.75) is 40.2 Å². The quantitative estimate of drug-likeness (QED) is 0.726. The van der Waals surface area contributed by atoms with E-state index >= 15 is 0 Å². The van der Waals surface area contributed by atoms with Crippen molar-refractivity contribution < 1.29 is 9.53 Å². The van der Waals surface area contributed by atoms with Crippen molar-refractivity contribution in [3.8, 4) is 0 Å². The molecular formula is C12H22N4O2. The summed E-state index contributed by atoms with van der Waals surface area (Å²) in [7, 11) is 0. The zero-order valence-corrected chi connectivity index (χ0v) is 11.3. The first kappa shape index (κ1) is 14.6. The lowest BCUT2D eigenvalue weighted by Gasteiger charge is -2.24. The number of esters is 1. The van der Waals surface area contributed by atoms with Gasteiger partial charge in [-0.25, -0.2) is 4.98 Å². The topological polar surface area (TPSA) is 83.0 Å². The first-order valence-electron chi connectivity index (χ1n) is 6.31. The van der Waals surface area contributed by atoms with Gasteiger partial charge in [0.1, 0.15) is 12.2 Å². The molecule has 102 valence electrons. The zero-order chi connectivity index (χ0) is 13.6. The number of carbonyl (C=O) groups excluding carboxylic acids is 1. The standard InChI is InChI=1S/C12H22N4O2/c1-4-6-16-10(14-9-15-16)7-12(3,8-13)11(17)18-5-2/h9H,4-8,13H2,1-3H3. The van der Waals surface area contributed by atoms with Crippen molar-refractivity contribution in [2.24, 2.45) is 11.1 Å². The molecule has 0 aromatic carbocycles. The summed E-state index contributed by atoms with van der Waals surface area (Å²) in [5, 5.41) is 4.14. The van der Waals surface area contributed by atoms with Crippen molar-refractivity contribution >= 4 is 5.97 Å². The van der Waals surface area contributed by atoms with Gasteiger partial charge in [0, 0.05) is 19.5 Å². The van der Waals surface area contributed by atoms with Crippen LogP contribution < -0.4 is 5.73 Å². The molecule has 18 heavy (non-hydrogen) atoms. The molecule has 0 amide bonds. The molecule has 0 spiro atoms. The summed E-state index contributed by atoms with van der Waals surface area (Å²) in [6.45, 7) is 7.03. The number of carbonyl (C=O) groups is 1. The van der Waals surface area contributed by atoms with Crippen LogP contribution >= 0.6 is 0 Å². The van der Waals surface area contributed by atoms with E-state index in [0.717, 1.165) is 18.8 Å². The second kappa shape index (κ2) is 6.49. The summed E-state index contributed by atoms with van der Waals surface area (Å²) in [5.74, 6) is 0.497. The average Bonchev–Trinajstić information content (AvgIpc) is 2.77. The molecule has 0 aliphatic heterocycles. The molecule has 1 unspecified atom stereocenters. The molecule has 2 N–H and O–H groups in total. The minimum Gasteiger partial charge on any atom is -0.466 e. The van der Waals surface area contributed by atoms with Crippen LogP contribution in [0.15, 0.2) is 6.33 Å². The van der Waals surface area contributed by atoms with Crippen molar-refractivity contribution in [3.63, 3.8) is 0 Å². The third kappa shape index (κ3) is 3.29. The number of nitrogens with zero attached hydrogens (tertiary/aromatic N) is 3. The van der Waals surface area contributed by atoms with E-state index in [0.29, 0.717) is 13.0 Å². The number of aromatic nitrogens is 3. The third-order valence-electron chi connectivity index (χ3n) is 2.90. The van der Waals surface area contributed by atoms with Crippen molar-refractivity contribution in [2.75, 3.05) is 13.2 Å². The molecule has 0 radical (unpaired) electrons. The maximum atomic E-state index is 11.9. The second-order valence-corrected chi connectivity index (χ2v) is 4.56. The molecule has 0 aliphatic carbocycles. The van der Waals surface area contributed by atoms with E-state index in [1.165, 1.54) is 6.33 Å². The molecule has 0 saturated carbocycles. The predicted molar refractivity (Wildman–Crippen MR) is 67.8 cm³/mol. The molecule has 1 rings (SSSR count). The minimum atomic E-state index is -0.742. The maximum Gasteiger partial charge on any atom is 0.313 e. The number of hydrogen-bond acceptors (Lipinski definition) is 5. The van der Waals surface area contributed by atoms with E-state index in [9.17, 15) is 4.79 Å². The van der Waals surface area contributed by atoms with E-state index in [1.807, 2.05) is 4.68 Å². The molecule has 0 fully saturated rings. The van der Waals surface area contributed by atoms with Gasteiger partial charge in [0.25, 0.3) is 0 Å². The van der Waals surface area contributed by atoms with Crippen molar-refractivity contribution in [3.05, 3.63) is 12.2 Å². The Morgan fingerprint density at radius 3 is 2.83 bits per heavy atom. The van der Waals surface area contributed by atoms with Gasteiger partial charge in [0.05, 0.1) is 12.0 Å². The molecule has 0 bridgehead atoms. The Morgan fingerprint density at radius 1 is 1.56 bits per heavy atom. The summed E-state index contributed by atoms with van der Waals surface area (Å²) in [6, 6.07) is 0. The molecular weight excluding hydrogens is 232 g/mol. The van der Waals surface area contributed by atoms with Gasteiger partial charge in [-0.2, -0.15) is 5.10 Å². The maximum absolute atomic E-state index is 11.9. The summed E-state index contributed by atoms with van der Waals surface area (Å²) >= 11 is 0. The highest BCUT2D eigenvalue weighted by molar-refractivity contribution is 5.77. The van der Waals surface area contributed by atoms with Crippen LogP contribution in [-0.2, 0) is 22.5 Å².